The van der Waals surface area contributed by atoms with Crippen molar-refractivity contribution in [3.63, 3.8) is 0 Å². The van der Waals surface area contributed by atoms with E-state index < -0.39 is 0 Å². The number of hydrogen-bond acceptors (Lipinski definition) is 2. The lowest BCUT2D eigenvalue weighted by molar-refractivity contribution is 0.967. The van der Waals surface area contributed by atoms with Crippen molar-refractivity contribution >= 4 is 22.9 Å². The van der Waals surface area contributed by atoms with E-state index in [1.54, 1.807) is 0 Å². The number of hydrogen-bond donors (Lipinski definition) is 1. The summed E-state index contributed by atoms with van der Waals surface area (Å²) in [7, 11) is 2.02. The van der Waals surface area contributed by atoms with E-state index in [9.17, 15) is 0 Å². The molecule has 2 N–H and O–H groups in total. The molecule has 0 radical (unpaired) electrons. The molecule has 0 amide bonds. The highest BCUT2D eigenvalue weighted by atomic mass is 32.1. The first-order valence-electron chi connectivity index (χ1n) is 4.26. The Labute approximate surface area is 84.3 Å². The molecule has 3 heteroatoms. The molecule has 0 unspecified atom stereocenters. The number of nitrogens with zero attached hydrogens (tertiary/aromatic N) is 1. The van der Waals surface area contributed by atoms with Crippen LogP contribution in [0.1, 0.15) is 12.5 Å². The summed E-state index contributed by atoms with van der Waals surface area (Å²) in [6.07, 6.45) is 0. The highest BCUT2D eigenvalue weighted by molar-refractivity contribution is 7.80. The minimum atomic E-state index is 0.455. The van der Waals surface area contributed by atoms with Crippen molar-refractivity contribution in [2.45, 2.75) is 6.92 Å². The zero-order valence-electron chi connectivity index (χ0n) is 7.95. The largest absolute Gasteiger partial charge is 0.389 e. The minimum absolute atomic E-state index is 0.455. The summed E-state index contributed by atoms with van der Waals surface area (Å²) in [5, 5.41) is 0. The summed E-state index contributed by atoms with van der Waals surface area (Å²) in [5.74, 6) is 0. The molecular formula is C10H14N2S. The van der Waals surface area contributed by atoms with Crippen molar-refractivity contribution in [3.8, 4) is 0 Å². The number of anilines is 1. The van der Waals surface area contributed by atoms with Crippen LogP contribution in [0.15, 0.2) is 24.3 Å². The van der Waals surface area contributed by atoms with Gasteiger partial charge in [-0.25, -0.2) is 0 Å². The second-order valence-electron chi connectivity index (χ2n) is 2.90. The Bertz CT molecular complexity index is 310. The van der Waals surface area contributed by atoms with E-state index in [0.29, 0.717) is 4.99 Å². The van der Waals surface area contributed by atoms with Gasteiger partial charge < -0.3 is 10.6 Å². The van der Waals surface area contributed by atoms with Gasteiger partial charge in [-0.15, -0.1) is 0 Å². The van der Waals surface area contributed by atoms with Gasteiger partial charge in [0, 0.05) is 24.8 Å². The van der Waals surface area contributed by atoms with Gasteiger partial charge in [-0.2, -0.15) is 0 Å². The Morgan fingerprint density at radius 3 is 2.62 bits per heavy atom. The minimum Gasteiger partial charge on any atom is -0.389 e. The predicted octanol–water partition coefficient (Wildman–Crippen LogP) is 1.78. The van der Waals surface area contributed by atoms with E-state index in [1.165, 1.54) is 0 Å². The first kappa shape index (κ1) is 9.99. The van der Waals surface area contributed by atoms with Crippen molar-refractivity contribution in [2.75, 3.05) is 18.5 Å². The van der Waals surface area contributed by atoms with Gasteiger partial charge in [-0.3, -0.25) is 0 Å². The SMILES string of the molecule is CCN(C)c1ccccc1C(N)=S. The molecule has 0 atom stereocenters. The summed E-state index contributed by atoms with van der Waals surface area (Å²) < 4.78 is 0. The van der Waals surface area contributed by atoms with Crippen molar-refractivity contribution in [1.29, 1.82) is 0 Å². The fourth-order valence-electron chi connectivity index (χ4n) is 1.19. The first-order valence-corrected chi connectivity index (χ1v) is 4.67. The molecule has 0 fully saturated rings. The summed E-state index contributed by atoms with van der Waals surface area (Å²) in [5.41, 5.74) is 7.65. The second kappa shape index (κ2) is 4.23. The molecule has 0 aliphatic rings. The highest BCUT2D eigenvalue weighted by Gasteiger charge is 2.06. The number of nitrogens with two attached hydrogens (primary N) is 1. The monoisotopic (exact) mass is 194 g/mol. The van der Waals surface area contributed by atoms with E-state index >= 15 is 0 Å². The van der Waals surface area contributed by atoms with Gasteiger partial charge >= 0.3 is 0 Å². The van der Waals surface area contributed by atoms with E-state index in [4.69, 9.17) is 18.0 Å². The molecule has 13 heavy (non-hydrogen) atoms. The molecule has 0 saturated heterocycles. The van der Waals surface area contributed by atoms with Gasteiger partial charge in [0.25, 0.3) is 0 Å². The van der Waals surface area contributed by atoms with Crippen LogP contribution in [0.5, 0.6) is 0 Å². The molecule has 0 aliphatic heterocycles. The quantitative estimate of drug-likeness (QED) is 0.744. The number of thiocarbonyl (C=S) groups is 1. The fourth-order valence-corrected chi connectivity index (χ4v) is 1.36. The van der Waals surface area contributed by atoms with Crippen molar-refractivity contribution in [1.82, 2.24) is 0 Å². The van der Waals surface area contributed by atoms with Crippen LogP contribution in [0.2, 0.25) is 0 Å². The normalized spacial score (nSPS) is 9.69. The molecule has 1 aromatic carbocycles. The van der Waals surface area contributed by atoms with Gasteiger partial charge in [-0.05, 0) is 19.1 Å². The fraction of sp³-hybridized carbons (Fsp3) is 0.300. The third-order valence-electron chi connectivity index (χ3n) is 2.06. The molecule has 0 saturated carbocycles. The summed E-state index contributed by atoms with van der Waals surface area (Å²) in [6, 6.07) is 7.91. The van der Waals surface area contributed by atoms with Crippen LogP contribution in [-0.2, 0) is 0 Å². The van der Waals surface area contributed by atoms with Crippen LogP contribution in [0, 0.1) is 0 Å². The Hall–Kier alpha value is -1.09. The lowest BCUT2D eigenvalue weighted by Crippen LogP contribution is -2.21. The molecule has 0 aliphatic carbocycles. The smallest absolute Gasteiger partial charge is 0.106 e. The average molecular weight is 194 g/mol. The second-order valence-corrected chi connectivity index (χ2v) is 3.34. The molecule has 2 nitrogen and oxygen atoms in total. The maximum absolute atomic E-state index is 5.61. The maximum atomic E-state index is 5.61. The lowest BCUT2D eigenvalue weighted by Gasteiger charge is -2.19. The molecule has 0 aromatic heterocycles. The number of benzene rings is 1. The van der Waals surface area contributed by atoms with E-state index in [-0.39, 0.29) is 0 Å². The van der Waals surface area contributed by atoms with Gasteiger partial charge in [-0.1, -0.05) is 24.4 Å². The zero-order valence-corrected chi connectivity index (χ0v) is 8.77. The first-order chi connectivity index (χ1) is 6.16. The third kappa shape index (κ3) is 2.18. The van der Waals surface area contributed by atoms with Crippen molar-refractivity contribution in [3.05, 3.63) is 29.8 Å². The Kier molecular flexibility index (Phi) is 3.25. The number of para-hydroxylation sites is 1. The molecule has 0 spiro atoms. The van der Waals surface area contributed by atoms with Crippen molar-refractivity contribution < 1.29 is 0 Å². The van der Waals surface area contributed by atoms with E-state index in [0.717, 1.165) is 17.8 Å². The van der Waals surface area contributed by atoms with Crippen molar-refractivity contribution in [2.24, 2.45) is 5.73 Å². The highest BCUT2D eigenvalue weighted by Crippen LogP contribution is 2.18. The van der Waals surface area contributed by atoms with Gasteiger partial charge in [0.2, 0.25) is 0 Å². The summed E-state index contributed by atoms with van der Waals surface area (Å²) >= 11 is 4.97. The summed E-state index contributed by atoms with van der Waals surface area (Å²) in [4.78, 5) is 2.57. The topological polar surface area (TPSA) is 29.3 Å². The van der Waals surface area contributed by atoms with Crippen LogP contribution in [0.3, 0.4) is 0 Å². The number of rotatable bonds is 3. The summed E-state index contributed by atoms with van der Waals surface area (Å²) in [6.45, 7) is 3.04. The molecule has 1 rings (SSSR count). The van der Waals surface area contributed by atoms with E-state index in [2.05, 4.69) is 11.8 Å². The van der Waals surface area contributed by atoms with Gasteiger partial charge in [0.15, 0.2) is 0 Å². The molecule has 1 aromatic rings. The van der Waals surface area contributed by atoms with E-state index in [1.807, 2.05) is 31.3 Å². The standard InChI is InChI=1S/C10H14N2S/c1-3-12(2)9-7-5-4-6-8(9)10(11)13/h4-7H,3H2,1-2H3,(H2,11,13). The van der Waals surface area contributed by atoms with Gasteiger partial charge in [0.05, 0.1) is 0 Å². The van der Waals surface area contributed by atoms with Crippen LogP contribution in [-0.4, -0.2) is 18.6 Å². The van der Waals surface area contributed by atoms with Crippen LogP contribution < -0.4 is 10.6 Å². The average Bonchev–Trinajstić information content (AvgIpc) is 2.16. The maximum Gasteiger partial charge on any atom is 0.106 e. The molecule has 70 valence electrons. The Balaban J connectivity index is 3.11. The predicted molar refractivity (Wildman–Crippen MR) is 61.3 cm³/mol. The zero-order chi connectivity index (χ0) is 9.84. The lowest BCUT2D eigenvalue weighted by atomic mass is 10.1. The Morgan fingerprint density at radius 2 is 2.08 bits per heavy atom. The Morgan fingerprint density at radius 1 is 1.46 bits per heavy atom. The van der Waals surface area contributed by atoms with Gasteiger partial charge in [0.1, 0.15) is 4.99 Å². The molecule has 0 bridgehead atoms. The molecule has 0 heterocycles. The molecular weight excluding hydrogens is 180 g/mol. The van der Waals surface area contributed by atoms with Crippen LogP contribution >= 0.6 is 12.2 Å². The van der Waals surface area contributed by atoms with Crippen LogP contribution in [0.4, 0.5) is 5.69 Å². The third-order valence-corrected chi connectivity index (χ3v) is 2.28. The van der Waals surface area contributed by atoms with Crippen LogP contribution in [0.25, 0.3) is 0 Å².